The molecule has 0 heterocycles. The van der Waals surface area contributed by atoms with E-state index in [1.54, 1.807) is 0 Å². The topological polar surface area (TPSA) is 74.6 Å². The molecule has 0 radical (unpaired) electrons. The Balaban J connectivity index is 0. The van der Waals surface area contributed by atoms with Gasteiger partial charge in [-0.25, -0.2) is 9.59 Å². The number of rotatable bonds is 2. The van der Waals surface area contributed by atoms with Crippen molar-refractivity contribution in [1.29, 1.82) is 0 Å². The average molecular weight is 175 g/mol. The summed E-state index contributed by atoms with van der Waals surface area (Å²) in [5.74, 6) is -2.51. The molecule has 0 unspecified atom stereocenters. The third-order valence-electron chi connectivity index (χ3n) is 0.368. The minimum atomic E-state index is -1.26. The number of aliphatic carboxylic acids is 2. The van der Waals surface area contributed by atoms with E-state index in [2.05, 4.69) is 0 Å². The summed E-state index contributed by atoms with van der Waals surface area (Å²) < 4.78 is 0. The molecule has 0 aliphatic rings. The van der Waals surface area contributed by atoms with Crippen molar-refractivity contribution in [3.8, 4) is 0 Å². The van der Waals surface area contributed by atoms with Gasteiger partial charge in [0.25, 0.3) is 0 Å². The van der Waals surface area contributed by atoms with E-state index in [1.807, 2.05) is 0 Å². The van der Waals surface area contributed by atoms with Gasteiger partial charge in [0.15, 0.2) is 0 Å². The average Bonchev–Trinajstić information content (AvgIpc) is 1.61. The Morgan fingerprint density at radius 3 is 1.33 bits per heavy atom. The van der Waals surface area contributed by atoms with Crippen LogP contribution in [0.2, 0.25) is 0 Å². The van der Waals surface area contributed by atoms with E-state index in [0.717, 1.165) is 0 Å². The molecular weight excluding hydrogens is 171 g/mol. The Morgan fingerprint density at radius 1 is 1.00 bits per heavy atom. The standard InChI is InChI=1S/C4H4O4.Ni/c5-3(6)1-2-4(7)8;/h1-2H,(H,5,6)(H,7,8);. The number of carboxylic acid groups (broad SMARTS) is 2. The number of hydrogen-bond donors (Lipinski definition) is 2. The first-order chi connectivity index (χ1) is 3.63. The molecule has 5 heteroatoms. The van der Waals surface area contributed by atoms with Gasteiger partial charge in [-0.05, 0) is 0 Å². The predicted octanol–water partition coefficient (Wildman–Crippen LogP) is -0.291. The van der Waals surface area contributed by atoms with Crippen LogP contribution in [0.1, 0.15) is 0 Å². The molecule has 0 aliphatic carbocycles. The van der Waals surface area contributed by atoms with Crippen LogP contribution in [-0.4, -0.2) is 22.2 Å². The molecule has 0 aliphatic heterocycles. The third-order valence-corrected chi connectivity index (χ3v) is 0.368. The molecule has 0 aromatic heterocycles. The Hall–Kier alpha value is -0.826. The molecule has 9 heavy (non-hydrogen) atoms. The zero-order valence-electron chi connectivity index (χ0n) is 4.18. The van der Waals surface area contributed by atoms with Crippen molar-refractivity contribution in [2.45, 2.75) is 0 Å². The molecule has 0 fully saturated rings. The molecule has 0 saturated heterocycles. The van der Waals surface area contributed by atoms with Gasteiger partial charge in [-0.2, -0.15) is 0 Å². The van der Waals surface area contributed by atoms with Crippen LogP contribution in [0.3, 0.4) is 0 Å². The predicted molar refractivity (Wildman–Crippen MR) is 24.4 cm³/mol. The first kappa shape index (κ1) is 11.0. The van der Waals surface area contributed by atoms with Gasteiger partial charge in [0, 0.05) is 28.6 Å². The fourth-order valence-corrected chi connectivity index (χ4v) is 0.143. The van der Waals surface area contributed by atoms with Crippen molar-refractivity contribution in [2.24, 2.45) is 0 Å². The molecule has 0 saturated carbocycles. The van der Waals surface area contributed by atoms with Crippen LogP contribution in [-0.2, 0) is 26.1 Å². The second-order valence-corrected chi connectivity index (χ2v) is 1.01. The maximum absolute atomic E-state index is 9.55. The maximum Gasteiger partial charge on any atom is 0.328 e. The van der Waals surface area contributed by atoms with Gasteiger partial charge in [0.2, 0.25) is 0 Å². The summed E-state index contributed by atoms with van der Waals surface area (Å²) in [6.45, 7) is 0. The molecule has 0 rings (SSSR count). The van der Waals surface area contributed by atoms with Crippen LogP contribution in [0, 0.1) is 0 Å². The molecule has 0 amide bonds. The van der Waals surface area contributed by atoms with Gasteiger partial charge in [0.1, 0.15) is 0 Å². The molecule has 2 N–H and O–H groups in total. The fraction of sp³-hybridized carbons (Fsp3) is 0. The molecule has 0 bridgehead atoms. The van der Waals surface area contributed by atoms with E-state index in [0.29, 0.717) is 12.2 Å². The normalized spacial score (nSPS) is 8.44. The van der Waals surface area contributed by atoms with Gasteiger partial charge in [-0.15, -0.1) is 0 Å². The number of hydrogen-bond acceptors (Lipinski definition) is 2. The Kier molecular flexibility index (Phi) is 6.51. The number of carboxylic acids is 2. The molecule has 4 nitrogen and oxygen atoms in total. The zero-order chi connectivity index (χ0) is 6.57. The Bertz CT molecular complexity index is 124. The van der Waals surface area contributed by atoms with E-state index in [1.165, 1.54) is 0 Å². The van der Waals surface area contributed by atoms with Gasteiger partial charge in [-0.3, -0.25) is 0 Å². The monoisotopic (exact) mass is 174 g/mol. The first-order valence-electron chi connectivity index (χ1n) is 1.77. The van der Waals surface area contributed by atoms with Crippen LogP contribution in [0.15, 0.2) is 12.2 Å². The molecule has 0 aromatic carbocycles. The minimum Gasteiger partial charge on any atom is -0.478 e. The van der Waals surface area contributed by atoms with Crippen LogP contribution in [0.25, 0.3) is 0 Å². The second-order valence-electron chi connectivity index (χ2n) is 1.01. The molecular formula is C4H4NiO4. The first-order valence-corrected chi connectivity index (χ1v) is 1.77. The summed E-state index contributed by atoms with van der Waals surface area (Å²) >= 11 is 0. The largest absolute Gasteiger partial charge is 0.478 e. The zero-order valence-corrected chi connectivity index (χ0v) is 5.17. The van der Waals surface area contributed by atoms with E-state index in [-0.39, 0.29) is 16.5 Å². The summed E-state index contributed by atoms with van der Waals surface area (Å²) in [6, 6.07) is 0. The summed E-state index contributed by atoms with van der Waals surface area (Å²) in [6.07, 6.45) is 1.12. The van der Waals surface area contributed by atoms with Crippen molar-refractivity contribution in [3.05, 3.63) is 12.2 Å². The second kappa shape index (κ2) is 5.31. The van der Waals surface area contributed by atoms with Crippen molar-refractivity contribution in [2.75, 3.05) is 0 Å². The van der Waals surface area contributed by atoms with Gasteiger partial charge >= 0.3 is 11.9 Å². The van der Waals surface area contributed by atoms with Gasteiger partial charge in [0.05, 0.1) is 0 Å². The third kappa shape index (κ3) is 11.0. The summed E-state index contributed by atoms with van der Waals surface area (Å²) in [5, 5.41) is 15.6. The smallest absolute Gasteiger partial charge is 0.328 e. The van der Waals surface area contributed by atoms with Crippen molar-refractivity contribution in [1.82, 2.24) is 0 Å². The Morgan fingerprint density at radius 2 is 1.22 bits per heavy atom. The summed E-state index contributed by atoms with van der Waals surface area (Å²) in [7, 11) is 0. The fourth-order valence-electron chi connectivity index (χ4n) is 0.143. The van der Waals surface area contributed by atoms with Crippen LogP contribution < -0.4 is 0 Å². The number of carbonyl (C=O) groups is 2. The molecule has 54 valence electrons. The van der Waals surface area contributed by atoms with Crippen LogP contribution >= 0.6 is 0 Å². The SMILES string of the molecule is O=C(O)C=CC(=O)O.[Ni]. The minimum absolute atomic E-state index is 0. The van der Waals surface area contributed by atoms with E-state index >= 15 is 0 Å². The quantitative estimate of drug-likeness (QED) is 0.446. The summed E-state index contributed by atoms with van der Waals surface area (Å²) in [5.41, 5.74) is 0. The maximum atomic E-state index is 9.55. The summed E-state index contributed by atoms with van der Waals surface area (Å²) in [4.78, 5) is 19.1. The van der Waals surface area contributed by atoms with Gasteiger partial charge < -0.3 is 10.2 Å². The van der Waals surface area contributed by atoms with E-state index < -0.39 is 11.9 Å². The van der Waals surface area contributed by atoms with E-state index in [4.69, 9.17) is 10.2 Å². The van der Waals surface area contributed by atoms with Crippen molar-refractivity contribution >= 4 is 11.9 Å². The van der Waals surface area contributed by atoms with Crippen molar-refractivity contribution < 1.29 is 36.3 Å². The van der Waals surface area contributed by atoms with Gasteiger partial charge in [-0.1, -0.05) is 0 Å². The van der Waals surface area contributed by atoms with E-state index in [9.17, 15) is 9.59 Å². The Labute approximate surface area is 61.1 Å². The van der Waals surface area contributed by atoms with Crippen LogP contribution in [0.4, 0.5) is 0 Å². The molecule has 0 atom stereocenters. The van der Waals surface area contributed by atoms with Crippen molar-refractivity contribution in [3.63, 3.8) is 0 Å². The van der Waals surface area contributed by atoms with Crippen LogP contribution in [0.5, 0.6) is 0 Å². The molecule has 0 aromatic rings. The molecule has 0 spiro atoms.